The summed E-state index contributed by atoms with van der Waals surface area (Å²) in [6.07, 6.45) is 3.34. The molecule has 3 rings (SSSR count). The van der Waals surface area contributed by atoms with Crippen LogP contribution in [0.25, 0.3) is 0 Å². The van der Waals surface area contributed by atoms with E-state index in [1.54, 1.807) is 6.07 Å². The van der Waals surface area contributed by atoms with E-state index in [0.29, 0.717) is 28.8 Å². The maximum atomic E-state index is 12.5. The Morgan fingerprint density at radius 3 is 2.56 bits per heavy atom. The van der Waals surface area contributed by atoms with Gasteiger partial charge in [0.1, 0.15) is 0 Å². The van der Waals surface area contributed by atoms with Crippen molar-refractivity contribution in [2.75, 3.05) is 45.9 Å². The maximum Gasteiger partial charge on any atom is 0.222 e. The van der Waals surface area contributed by atoms with Crippen LogP contribution in [0, 0.1) is 5.92 Å². The molecule has 2 saturated heterocycles. The number of morpholine rings is 1. The van der Waals surface area contributed by atoms with Crippen LogP contribution in [0.4, 0.5) is 0 Å². The number of benzene rings is 1. The van der Waals surface area contributed by atoms with Gasteiger partial charge in [0.05, 0.1) is 23.3 Å². The molecule has 138 valence electrons. The van der Waals surface area contributed by atoms with Crippen LogP contribution in [0.2, 0.25) is 10.0 Å². The summed E-state index contributed by atoms with van der Waals surface area (Å²) in [4.78, 5) is 17.0. The third-order valence-electron chi connectivity index (χ3n) is 5.23. The molecule has 0 aliphatic carbocycles. The fraction of sp³-hybridized carbons (Fsp3) is 0.632. The SMILES string of the molecule is O=C(CCc1cccc(Cl)c1Cl)N1CCC(CN2CCOCC2)CC1. The predicted molar refractivity (Wildman–Crippen MR) is 101 cm³/mol. The summed E-state index contributed by atoms with van der Waals surface area (Å²) in [7, 11) is 0. The summed E-state index contributed by atoms with van der Waals surface area (Å²) in [6.45, 7) is 6.67. The van der Waals surface area contributed by atoms with Crippen molar-refractivity contribution in [3.8, 4) is 0 Å². The molecule has 2 aliphatic heterocycles. The topological polar surface area (TPSA) is 32.8 Å². The first-order valence-electron chi connectivity index (χ1n) is 9.14. The Kier molecular flexibility index (Phi) is 7.00. The Balaban J connectivity index is 1.41. The van der Waals surface area contributed by atoms with E-state index in [1.807, 2.05) is 17.0 Å². The molecule has 1 aromatic rings. The number of carbonyl (C=O) groups is 1. The molecular weight excluding hydrogens is 359 g/mol. The van der Waals surface area contributed by atoms with Gasteiger partial charge in [-0.3, -0.25) is 9.69 Å². The maximum absolute atomic E-state index is 12.5. The molecule has 0 spiro atoms. The standard InChI is InChI=1S/C19H26Cl2N2O2/c20-17-3-1-2-16(19(17)21)4-5-18(24)23-8-6-15(7-9-23)14-22-10-12-25-13-11-22/h1-3,15H,4-14H2. The zero-order valence-electron chi connectivity index (χ0n) is 14.6. The van der Waals surface area contributed by atoms with E-state index in [-0.39, 0.29) is 5.91 Å². The minimum atomic E-state index is 0.223. The van der Waals surface area contributed by atoms with Crippen LogP contribution in [0.1, 0.15) is 24.8 Å². The molecule has 2 aliphatic rings. The van der Waals surface area contributed by atoms with Crippen LogP contribution >= 0.6 is 23.2 Å². The normalized spacial score (nSPS) is 20.0. The van der Waals surface area contributed by atoms with E-state index in [1.165, 1.54) is 0 Å². The van der Waals surface area contributed by atoms with Crippen molar-refractivity contribution in [1.29, 1.82) is 0 Å². The number of likely N-dealkylation sites (tertiary alicyclic amines) is 1. The summed E-state index contributed by atoms with van der Waals surface area (Å²) in [5.74, 6) is 0.922. The third kappa shape index (κ3) is 5.33. The van der Waals surface area contributed by atoms with Gasteiger partial charge in [-0.15, -0.1) is 0 Å². The van der Waals surface area contributed by atoms with Crippen molar-refractivity contribution in [1.82, 2.24) is 9.80 Å². The molecule has 1 amide bonds. The second-order valence-corrected chi connectivity index (χ2v) is 7.74. The third-order valence-corrected chi connectivity index (χ3v) is 6.09. The lowest BCUT2D eigenvalue weighted by Gasteiger charge is -2.36. The summed E-state index contributed by atoms with van der Waals surface area (Å²) in [5, 5.41) is 1.12. The predicted octanol–water partition coefficient (Wildman–Crippen LogP) is 3.50. The van der Waals surface area contributed by atoms with Gasteiger partial charge in [-0.1, -0.05) is 35.3 Å². The molecule has 0 atom stereocenters. The van der Waals surface area contributed by atoms with Gasteiger partial charge in [-0.05, 0) is 36.8 Å². The largest absolute Gasteiger partial charge is 0.379 e. The van der Waals surface area contributed by atoms with Crippen LogP contribution in [0.5, 0.6) is 0 Å². The Morgan fingerprint density at radius 1 is 1.12 bits per heavy atom. The molecule has 2 heterocycles. The average molecular weight is 385 g/mol. The van der Waals surface area contributed by atoms with E-state index in [4.69, 9.17) is 27.9 Å². The molecule has 25 heavy (non-hydrogen) atoms. The van der Waals surface area contributed by atoms with Crippen molar-refractivity contribution in [2.24, 2.45) is 5.92 Å². The Bertz CT molecular complexity index is 583. The Hall–Kier alpha value is -0.810. The summed E-state index contributed by atoms with van der Waals surface area (Å²) in [6, 6.07) is 5.59. The molecule has 0 N–H and O–H groups in total. The van der Waals surface area contributed by atoms with Crippen LogP contribution in [-0.4, -0.2) is 61.6 Å². The van der Waals surface area contributed by atoms with E-state index >= 15 is 0 Å². The first kappa shape index (κ1) is 19.0. The van der Waals surface area contributed by atoms with Crippen molar-refractivity contribution >= 4 is 29.1 Å². The molecular formula is C19H26Cl2N2O2. The number of halogens is 2. The molecule has 2 fully saturated rings. The fourth-order valence-corrected chi connectivity index (χ4v) is 4.07. The first-order valence-corrected chi connectivity index (χ1v) is 9.90. The highest BCUT2D eigenvalue weighted by molar-refractivity contribution is 6.42. The second kappa shape index (κ2) is 9.22. The smallest absolute Gasteiger partial charge is 0.222 e. The van der Waals surface area contributed by atoms with Gasteiger partial charge in [0.15, 0.2) is 0 Å². The molecule has 0 aromatic heterocycles. The number of hydrogen-bond acceptors (Lipinski definition) is 3. The Morgan fingerprint density at radius 2 is 1.84 bits per heavy atom. The fourth-order valence-electron chi connectivity index (χ4n) is 3.66. The molecule has 0 bridgehead atoms. The number of amides is 1. The van der Waals surface area contributed by atoms with Gasteiger partial charge < -0.3 is 9.64 Å². The molecule has 0 unspecified atom stereocenters. The lowest BCUT2D eigenvalue weighted by Crippen LogP contribution is -2.44. The van der Waals surface area contributed by atoms with E-state index in [0.717, 1.165) is 64.3 Å². The number of carbonyl (C=O) groups excluding carboxylic acids is 1. The van der Waals surface area contributed by atoms with E-state index in [9.17, 15) is 4.79 Å². The van der Waals surface area contributed by atoms with Gasteiger partial charge in [0, 0.05) is 39.1 Å². The average Bonchev–Trinajstić information content (AvgIpc) is 2.64. The highest BCUT2D eigenvalue weighted by Gasteiger charge is 2.24. The minimum absolute atomic E-state index is 0.223. The Labute approximate surface area is 160 Å². The first-order chi connectivity index (χ1) is 12.1. The lowest BCUT2D eigenvalue weighted by atomic mass is 9.95. The van der Waals surface area contributed by atoms with Crippen molar-refractivity contribution in [2.45, 2.75) is 25.7 Å². The number of nitrogens with zero attached hydrogens (tertiary/aromatic N) is 2. The number of piperidine rings is 1. The quantitative estimate of drug-likeness (QED) is 0.778. The number of aryl methyl sites for hydroxylation is 1. The molecule has 1 aromatic carbocycles. The minimum Gasteiger partial charge on any atom is -0.379 e. The van der Waals surface area contributed by atoms with Gasteiger partial charge in [-0.2, -0.15) is 0 Å². The zero-order valence-corrected chi connectivity index (χ0v) is 16.1. The molecule has 0 saturated carbocycles. The lowest BCUT2D eigenvalue weighted by molar-refractivity contribution is -0.132. The molecule has 6 heteroatoms. The number of hydrogen-bond donors (Lipinski definition) is 0. The van der Waals surface area contributed by atoms with Crippen molar-refractivity contribution < 1.29 is 9.53 Å². The van der Waals surface area contributed by atoms with Gasteiger partial charge in [-0.25, -0.2) is 0 Å². The highest BCUT2D eigenvalue weighted by atomic mass is 35.5. The van der Waals surface area contributed by atoms with E-state index in [2.05, 4.69) is 4.90 Å². The molecule has 4 nitrogen and oxygen atoms in total. The van der Waals surface area contributed by atoms with Gasteiger partial charge in [0.25, 0.3) is 0 Å². The van der Waals surface area contributed by atoms with Crippen LogP contribution in [0.15, 0.2) is 18.2 Å². The van der Waals surface area contributed by atoms with Crippen molar-refractivity contribution in [3.05, 3.63) is 33.8 Å². The zero-order chi connectivity index (χ0) is 17.6. The number of rotatable bonds is 5. The van der Waals surface area contributed by atoms with Gasteiger partial charge >= 0.3 is 0 Å². The summed E-state index contributed by atoms with van der Waals surface area (Å²) in [5.41, 5.74) is 0.949. The van der Waals surface area contributed by atoms with Crippen LogP contribution in [0.3, 0.4) is 0 Å². The highest BCUT2D eigenvalue weighted by Crippen LogP contribution is 2.27. The summed E-state index contributed by atoms with van der Waals surface area (Å²) < 4.78 is 5.40. The summed E-state index contributed by atoms with van der Waals surface area (Å²) >= 11 is 12.2. The van der Waals surface area contributed by atoms with Crippen molar-refractivity contribution in [3.63, 3.8) is 0 Å². The second-order valence-electron chi connectivity index (χ2n) is 6.95. The van der Waals surface area contributed by atoms with Crippen LogP contribution in [-0.2, 0) is 16.0 Å². The molecule has 0 radical (unpaired) electrons. The monoisotopic (exact) mass is 384 g/mol. The van der Waals surface area contributed by atoms with Gasteiger partial charge in [0.2, 0.25) is 5.91 Å². The number of ether oxygens (including phenoxy) is 1. The van der Waals surface area contributed by atoms with Crippen LogP contribution < -0.4 is 0 Å². The van der Waals surface area contributed by atoms with E-state index < -0.39 is 0 Å².